The van der Waals surface area contributed by atoms with Gasteiger partial charge in [-0.25, -0.2) is 28.2 Å². The molecule has 0 unspecified atom stereocenters. The number of nitriles is 1. The van der Waals surface area contributed by atoms with Crippen molar-refractivity contribution in [2.24, 2.45) is 5.14 Å². The van der Waals surface area contributed by atoms with Crippen molar-refractivity contribution in [3.05, 3.63) is 29.3 Å². The Hall–Kier alpha value is -2.31. The second kappa shape index (κ2) is 4.42. The van der Waals surface area contributed by atoms with Crippen LogP contribution in [-0.4, -0.2) is 28.2 Å². The molecule has 0 bridgehead atoms. The molecule has 9 heteroatoms. The summed E-state index contributed by atoms with van der Waals surface area (Å²) in [4.78, 5) is 8.17. The summed E-state index contributed by atoms with van der Waals surface area (Å²) in [7, 11) is -4.09. The number of primary sulfonamides is 1. The Bertz CT molecular complexity index is 767. The minimum atomic E-state index is -4.09. The number of hydrogen-bond acceptors (Lipinski definition) is 6. The summed E-state index contributed by atoms with van der Waals surface area (Å²) in [5.74, 6) is 0.708. The largest absolute Gasteiger partial charge is 0.257 e. The van der Waals surface area contributed by atoms with Gasteiger partial charge in [-0.15, -0.1) is 0 Å². The molecular weight excluding hydrogens is 268 g/mol. The van der Waals surface area contributed by atoms with Gasteiger partial charge in [0, 0.05) is 11.8 Å². The second-order valence-corrected chi connectivity index (χ2v) is 5.32. The quantitative estimate of drug-likeness (QED) is 0.810. The van der Waals surface area contributed by atoms with Crippen LogP contribution in [0.4, 0.5) is 0 Å². The summed E-state index contributed by atoms with van der Waals surface area (Å²) in [5.41, 5.74) is 0.522. The Morgan fingerprint density at radius 3 is 2.58 bits per heavy atom. The normalized spacial score (nSPS) is 11.3. The van der Waals surface area contributed by atoms with E-state index < -0.39 is 10.0 Å². The number of nitrogens with two attached hydrogens (primary N) is 1. The van der Waals surface area contributed by atoms with Crippen LogP contribution >= 0.6 is 0 Å². The summed E-state index contributed by atoms with van der Waals surface area (Å²) < 4.78 is 24.1. The van der Waals surface area contributed by atoms with Gasteiger partial charge in [0.1, 0.15) is 17.5 Å². The third-order valence-electron chi connectivity index (χ3n) is 2.28. The Balaban J connectivity index is 2.78. The molecule has 2 heterocycles. The molecule has 0 atom stereocenters. The first-order valence-electron chi connectivity index (χ1n) is 5.16. The molecular formula is C10H10N6O2S. The third kappa shape index (κ3) is 2.44. The van der Waals surface area contributed by atoms with Gasteiger partial charge in [0.2, 0.25) is 0 Å². The lowest BCUT2D eigenvalue weighted by molar-refractivity contribution is 0.585. The van der Waals surface area contributed by atoms with E-state index >= 15 is 0 Å². The second-order valence-electron chi connectivity index (χ2n) is 3.85. The van der Waals surface area contributed by atoms with Crippen LogP contribution in [0.25, 0.3) is 5.82 Å². The van der Waals surface area contributed by atoms with Gasteiger partial charge in [0.15, 0.2) is 10.8 Å². The highest BCUT2D eigenvalue weighted by Crippen LogP contribution is 2.17. The van der Waals surface area contributed by atoms with E-state index in [-0.39, 0.29) is 16.4 Å². The average Bonchev–Trinajstić information content (AvgIpc) is 2.70. The average molecular weight is 278 g/mol. The molecule has 0 aromatic carbocycles. The third-order valence-corrected chi connectivity index (χ3v) is 3.22. The monoisotopic (exact) mass is 278 g/mol. The molecule has 0 saturated carbocycles. The minimum absolute atomic E-state index is 0.128. The van der Waals surface area contributed by atoms with Gasteiger partial charge in [0.05, 0.1) is 6.20 Å². The maximum Gasteiger partial charge on any atom is 0.257 e. The molecule has 0 aliphatic heterocycles. The predicted molar refractivity (Wildman–Crippen MR) is 64.7 cm³/mol. The highest BCUT2D eigenvalue weighted by molar-refractivity contribution is 7.89. The molecule has 0 amide bonds. The van der Waals surface area contributed by atoms with E-state index in [4.69, 9.17) is 10.4 Å². The summed E-state index contributed by atoms with van der Waals surface area (Å²) in [5, 5.41) is 17.5. The molecule has 0 spiro atoms. The maximum atomic E-state index is 11.6. The van der Waals surface area contributed by atoms with E-state index in [1.165, 1.54) is 0 Å². The number of aromatic nitrogens is 4. The molecule has 0 radical (unpaired) electrons. The van der Waals surface area contributed by atoms with Gasteiger partial charge in [-0.3, -0.25) is 0 Å². The lowest BCUT2D eigenvalue weighted by atomic mass is 10.4. The van der Waals surface area contributed by atoms with E-state index in [9.17, 15) is 8.42 Å². The fourth-order valence-corrected chi connectivity index (χ4v) is 2.44. The topological polar surface area (TPSA) is 128 Å². The standard InChI is InChI=1S/C10H10N6O2S/c1-6-3-9(15-7(2)14-6)16-10(19(12,17)18)8(4-11)5-13-16/h3,5H,1-2H3,(H2,12,17,18). The van der Waals surface area contributed by atoms with Crippen molar-refractivity contribution in [1.29, 1.82) is 5.26 Å². The lowest BCUT2D eigenvalue weighted by Crippen LogP contribution is -2.19. The van der Waals surface area contributed by atoms with Gasteiger partial charge in [0.25, 0.3) is 10.0 Å². The van der Waals surface area contributed by atoms with E-state index in [0.29, 0.717) is 11.5 Å². The van der Waals surface area contributed by atoms with Crippen LogP contribution in [0.2, 0.25) is 0 Å². The number of rotatable bonds is 2. The molecule has 0 aliphatic rings. The molecule has 2 N–H and O–H groups in total. The van der Waals surface area contributed by atoms with Gasteiger partial charge in [-0.05, 0) is 13.8 Å². The zero-order valence-electron chi connectivity index (χ0n) is 10.2. The fraction of sp³-hybridized carbons (Fsp3) is 0.200. The SMILES string of the molecule is Cc1cc(-n2ncc(C#N)c2S(N)(=O)=O)nc(C)n1. The first-order valence-corrected chi connectivity index (χ1v) is 6.71. The fourth-order valence-electron chi connectivity index (χ4n) is 1.66. The molecule has 0 fully saturated rings. The van der Waals surface area contributed by atoms with Crippen molar-refractivity contribution in [3.8, 4) is 11.9 Å². The number of nitrogens with zero attached hydrogens (tertiary/aromatic N) is 5. The smallest absolute Gasteiger partial charge is 0.238 e. The zero-order chi connectivity index (χ0) is 14.2. The van der Waals surface area contributed by atoms with Crippen molar-refractivity contribution < 1.29 is 8.42 Å². The molecule has 19 heavy (non-hydrogen) atoms. The number of hydrogen-bond donors (Lipinski definition) is 1. The van der Waals surface area contributed by atoms with E-state index in [2.05, 4.69) is 15.1 Å². The molecule has 2 rings (SSSR count). The van der Waals surface area contributed by atoms with Crippen LogP contribution < -0.4 is 5.14 Å². The van der Waals surface area contributed by atoms with Crippen LogP contribution in [0.5, 0.6) is 0 Å². The molecule has 0 saturated heterocycles. The zero-order valence-corrected chi connectivity index (χ0v) is 11.0. The van der Waals surface area contributed by atoms with Crippen molar-refractivity contribution in [2.45, 2.75) is 18.9 Å². The van der Waals surface area contributed by atoms with E-state index in [1.807, 2.05) is 0 Å². The maximum absolute atomic E-state index is 11.6. The molecule has 2 aromatic heterocycles. The van der Waals surface area contributed by atoms with Crippen LogP contribution in [0.3, 0.4) is 0 Å². The first kappa shape index (κ1) is 13.1. The number of aryl methyl sites for hydroxylation is 2. The summed E-state index contributed by atoms with van der Waals surface area (Å²) >= 11 is 0. The van der Waals surface area contributed by atoms with Gasteiger partial charge < -0.3 is 0 Å². The van der Waals surface area contributed by atoms with E-state index in [0.717, 1.165) is 10.9 Å². The molecule has 8 nitrogen and oxygen atoms in total. The predicted octanol–water partition coefficient (Wildman–Crippen LogP) is -0.202. The van der Waals surface area contributed by atoms with Crippen molar-refractivity contribution in [3.63, 3.8) is 0 Å². The van der Waals surface area contributed by atoms with E-state index in [1.54, 1.807) is 26.0 Å². The molecule has 98 valence electrons. The van der Waals surface area contributed by atoms with Gasteiger partial charge >= 0.3 is 0 Å². The highest BCUT2D eigenvalue weighted by atomic mass is 32.2. The van der Waals surface area contributed by atoms with Crippen LogP contribution in [0.15, 0.2) is 17.3 Å². The molecule has 2 aromatic rings. The number of sulfonamides is 1. The first-order chi connectivity index (χ1) is 8.82. The van der Waals surface area contributed by atoms with Crippen LogP contribution in [-0.2, 0) is 10.0 Å². The highest BCUT2D eigenvalue weighted by Gasteiger charge is 2.23. The molecule has 0 aliphatic carbocycles. The summed E-state index contributed by atoms with van der Waals surface area (Å²) in [6, 6.07) is 3.29. The Morgan fingerprint density at radius 1 is 1.37 bits per heavy atom. The van der Waals surface area contributed by atoms with Gasteiger partial charge in [-0.2, -0.15) is 10.4 Å². The Morgan fingerprint density at radius 2 is 2.05 bits per heavy atom. The van der Waals surface area contributed by atoms with Crippen LogP contribution in [0.1, 0.15) is 17.1 Å². The Kier molecular flexibility index (Phi) is 3.05. The van der Waals surface area contributed by atoms with Gasteiger partial charge in [-0.1, -0.05) is 0 Å². The lowest BCUT2D eigenvalue weighted by Gasteiger charge is -2.06. The summed E-state index contributed by atoms with van der Waals surface area (Å²) in [6.45, 7) is 3.41. The van der Waals surface area contributed by atoms with Crippen molar-refractivity contribution in [1.82, 2.24) is 19.7 Å². The van der Waals surface area contributed by atoms with Crippen LogP contribution in [0, 0.1) is 25.2 Å². The Labute approximate surface area is 109 Å². The minimum Gasteiger partial charge on any atom is -0.238 e. The summed E-state index contributed by atoms with van der Waals surface area (Å²) in [6.07, 6.45) is 1.13. The van der Waals surface area contributed by atoms with Crippen molar-refractivity contribution >= 4 is 10.0 Å². The van der Waals surface area contributed by atoms with Crippen molar-refractivity contribution in [2.75, 3.05) is 0 Å².